The minimum atomic E-state index is -0.0517. The molecular weight excluding hydrogens is 522 g/mol. The Balaban J connectivity index is 1.62. The Morgan fingerprint density at radius 2 is 1.93 bits per heavy atom. The summed E-state index contributed by atoms with van der Waals surface area (Å²) in [5.74, 6) is 0.567. The van der Waals surface area contributed by atoms with E-state index >= 15 is 0 Å². The van der Waals surface area contributed by atoms with E-state index in [0.717, 1.165) is 26.7 Å². The van der Waals surface area contributed by atoms with Crippen molar-refractivity contribution in [3.8, 4) is 5.75 Å². The second-order valence-electron chi connectivity index (χ2n) is 6.48. The first-order chi connectivity index (χ1) is 13.9. The van der Waals surface area contributed by atoms with Crippen LogP contribution in [0.2, 0.25) is 5.02 Å². The predicted octanol–water partition coefficient (Wildman–Crippen LogP) is 5.93. The fraction of sp³-hybridized carbons (Fsp3) is 0.238. The Morgan fingerprint density at radius 1 is 1.21 bits per heavy atom. The first-order valence-electron chi connectivity index (χ1n) is 9.01. The van der Waals surface area contributed by atoms with Crippen LogP contribution < -0.4 is 4.74 Å². The van der Waals surface area contributed by atoms with Gasteiger partial charge in [-0.25, -0.2) is 0 Å². The van der Waals surface area contributed by atoms with Gasteiger partial charge in [-0.1, -0.05) is 39.7 Å². The van der Waals surface area contributed by atoms with Crippen LogP contribution in [0, 0.1) is 0 Å². The lowest BCUT2D eigenvalue weighted by Crippen LogP contribution is -2.27. The smallest absolute Gasteiger partial charge is 0.253 e. The molecule has 1 amide bonds. The van der Waals surface area contributed by atoms with Crippen molar-refractivity contribution < 1.29 is 9.53 Å². The molecule has 3 rings (SSSR count). The van der Waals surface area contributed by atoms with Gasteiger partial charge in [0.05, 0.1) is 27.9 Å². The van der Waals surface area contributed by atoms with Crippen molar-refractivity contribution in [1.82, 2.24) is 14.7 Å². The Hall–Kier alpha value is -1.83. The molecule has 0 saturated carbocycles. The third kappa shape index (κ3) is 5.41. The molecule has 0 aliphatic rings. The van der Waals surface area contributed by atoms with E-state index in [4.69, 9.17) is 16.3 Å². The molecule has 0 aliphatic carbocycles. The molecule has 1 aromatic heterocycles. The molecule has 0 saturated heterocycles. The monoisotopic (exact) mass is 539 g/mol. The van der Waals surface area contributed by atoms with Crippen LogP contribution in [0.25, 0.3) is 0 Å². The number of carbonyl (C=O) groups is 1. The number of benzene rings is 2. The molecule has 8 heteroatoms. The van der Waals surface area contributed by atoms with Gasteiger partial charge >= 0.3 is 0 Å². The Kier molecular flexibility index (Phi) is 7.38. The van der Waals surface area contributed by atoms with Gasteiger partial charge in [-0.05, 0) is 58.7 Å². The molecule has 0 atom stereocenters. The van der Waals surface area contributed by atoms with Crippen molar-refractivity contribution in [2.45, 2.75) is 26.6 Å². The van der Waals surface area contributed by atoms with Gasteiger partial charge in [0.15, 0.2) is 0 Å². The number of hydrogen-bond donors (Lipinski definition) is 0. The molecule has 3 aromatic rings. The highest BCUT2D eigenvalue weighted by Crippen LogP contribution is 2.28. The lowest BCUT2D eigenvalue weighted by atomic mass is 10.1. The number of nitrogens with zero attached hydrogens (tertiary/aromatic N) is 3. The van der Waals surface area contributed by atoms with Gasteiger partial charge in [-0.15, -0.1) is 0 Å². The van der Waals surface area contributed by atoms with Crippen LogP contribution >= 0.6 is 43.5 Å². The third-order valence-electron chi connectivity index (χ3n) is 4.42. The number of amides is 1. The van der Waals surface area contributed by atoms with Gasteiger partial charge in [0.25, 0.3) is 5.91 Å². The van der Waals surface area contributed by atoms with E-state index in [-0.39, 0.29) is 5.91 Å². The molecule has 5 nitrogen and oxygen atoms in total. The van der Waals surface area contributed by atoms with Crippen LogP contribution in [0.3, 0.4) is 0 Å². The van der Waals surface area contributed by atoms with Crippen molar-refractivity contribution in [1.29, 1.82) is 0 Å². The summed E-state index contributed by atoms with van der Waals surface area (Å²) in [5.41, 5.74) is 2.55. The van der Waals surface area contributed by atoms with Crippen molar-refractivity contribution in [3.63, 3.8) is 0 Å². The molecule has 0 bridgehead atoms. The maximum Gasteiger partial charge on any atom is 0.253 e. The van der Waals surface area contributed by atoms with Crippen LogP contribution in [0.1, 0.15) is 28.5 Å². The number of carbonyl (C=O) groups excluding carboxylic acids is 1. The first kappa shape index (κ1) is 21.9. The molecule has 152 valence electrons. The normalized spacial score (nSPS) is 10.8. The molecule has 0 N–H and O–H groups in total. The van der Waals surface area contributed by atoms with Crippen molar-refractivity contribution in [2.24, 2.45) is 0 Å². The molecule has 0 fully saturated rings. The number of aryl methyl sites for hydroxylation is 1. The van der Waals surface area contributed by atoms with Crippen LogP contribution in [0.4, 0.5) is 0 Å². The second-order valence-corrected chi connectivity index (χ2v) is 8.65. The third-order valence-corrected chi connectivity index (χ3v) is 5.87. The Morgan fingerprint density at radius 3 is 2.59 bits per heavy atom. The van der Waals surface area contributed by atoms with Crippen molar-refractivity contribution in [3.05, 3.63) is 79.5 Å². The van der Waals surface area contributed by atoms with Crippen molar-refractivity contribution >= 4 is 49.4 Å². The predicted molar refractivity (Wildman–Crippen MR) is 121 cm³/mol. The summed E-state index contributed by atoms with van der Waals surface area (Å²) in [7, 11) is 1.79. The lowest BCUT2D eigenvalue weighted by Gasteiger charge is -2.18. The second kappa shape index (κ2) is 9.78. The number of ether oxygens (including phenoxy) is 1. The summed E-state index contributed by atoms with van der Waals surface area (Å²) < 4.78 is 9.45. The van der Waals surface area contributed by atoms with E-state index < -0.39 is 0 Å². The van der Waals surface area contributed by atoms with E-state index in [2.05, 4.69) is 37.0 Å². The summed E-state index contributed by atoms with van der Waals surface area (Å²) in [6.07, 6.45) is 1.75. The number of hydrogen-bond acceptors (Lipinski definition) is 3. The number of aromatic nitrogens is 2. The molecule has 0 spiro atoms. The van der Waals surface area contributed by atoms with Crippen LogP contribution in [0.15, 0.2) is 57.6 Å². The van der Waals surface area contributed by atoms with E-state index in [0.29, 0.717) is 29.5 Å². The maximum absolute atomic E-state index is 12.8. The van der Waals surface area contributed by atoms with Gasteiger partial charge in [-0.2, -0.15) is 5.10 Å². The number of rotatable bonds is 7. The van der Waals surface area contributed by atoms with Crippen LogP contribution in [-0.2, 0) is 19.7 Å². The van der Waals surface area contributed by atoms with Crippen molar-refractivity contribution in [2.75, 3.05) is 7.05 Å². The minimum absolute atomic E-state index is 0.0517. The van der Waals surface area contributed by atoms with Gasteiger partial charge in [0.2, 0.25) is 0 Å². The highest BCUT2D eigenvalue weighted by molar-refractivity contribution is 9.10. The van der Waals surface area contributed by atoms with Crippen LogP contribution in [0.5, 0.6) is 5.75 Å². The summed E-state index contributed by atoms with van der Waals surface area (Å²) in [4.78, 5) is 14.5. The Bertz CT molecular complexity index is 1010. The summed E-state index contributed by atoms with van der Waals surface area (Å²) in [6, 6.07) is 12.9. The molecule has 29 heavy (non-hydrogen) atoms. The SMILES string of the molecule is CCn1ncc(Br)c1CN(C)C(=O)c1ccc(COc2ccc(Br)cc2Cl)cc1. The standard InChI is InChI=1S/C21H20Br2ClN3O2/c1-3-27-19(17(23)11-25-27)12-26(2)21(28)15-6-4-14(5-7-15)13-29-20-9-8-16(22)10-18(20)24/h4-11H,3,12-13H2,1-2H3. The van der Waals surface area contributed by atoms with E-state index in [1.807, 2.05) is 48.0 Å². The topological polar surface area (TPSA) is 47.4 Å². The summed E-state index contributed by atoms with van der Waals surface area (Å²) in [6.45, 7) is 3.61. The average molecular weight is 542 g/mol. The molecule has 2 aromatic carbocycles. The summed E-state index contributed by atoms with van der Waals surface area (Å²) >= 11 is 13.0. The van der Waals surface area contributed by atoms with E-state index in [1.54, 1.807) is 24.2 Å². The molecular formula is C21H20Br2ClN3O2. The van der Waals surface area contributed by atoms with Gasteiger partial charge in [0.1, 0.15) is 12.4 Å². The quantitative estimate of drug-likeness (QED) is 0.372. The van der Waals surface area contributed by atoms with E-state index in [1.165, 1.54) is 0 Å². The molecule has 0 radical (unpaired) electrons. The number of halogens is 3. The first-order valence-corrected chi connectivity index (χ1v) is 11.0. The fourth-order valence-electron chi connectivity index (χ4n) is 2.83. The molecule has 0 unspecified atom stereocenters. The highest BCUT2D eigenvalue weighted by Gasteiger charge is 2.16. The van der Waals surface area contributed by atoms with Gasteiger partial charge < -0.3 is 9.64 Å². The Labute approximate surface area is 191 Å². The summed E-state index contributed by atoms with van der Waals surface area (Å²) in [5, 5.41) is 4.84. The zero-order valence-electron chi connectivity index (χ0n) is 16.0. The molecule has 1 heterocycles. The van der Waals surface area contributed by atoms with E-state index in [9.17, 15) is 4.79 Å². The van der Waals surface area contributed by atoms with Gasteiger partial charge in [0, 0.05) is 23.6 Å². The largest absolute Gasteiger partial charge is 0.487 e. The minimum Gasteiger partial charge on any atom is -0.487 e. The highest BCUT2D eigenvalue weighted by atomic mass is 79.9. The van der Waals surface area contributed by atoms with Crippen LogP contribution in [-0.4, -0.2) is 27.6 Å². The maximum atomic E-state index is 12.8. The zero-order valence-corrected chi connectivity index (χ0v) is 20.0. The molecule has 0 aliphatic heterocycles. The average Bonchev–Trinajstić information content (AvgIpc) is 3.06. The van der Waals surface area contributed by atoms with Gasteiger partial charge in [-0.3, -0.25) is 9.48 Å². The lowest BCUT2D eigenvalue weighted by molar-refractivity contribution is 0.0781. The fourth-order valence-corrected chi connectivity index (χ4v) is 3.98. The zero-order chi connectivity index (χ0) is 21.0.